The van der Waals surface area contributed by atoms with Crippen molar-refractivity contribution < 1.29 is 18.0 Å². The Balaban J connectivity index is 1.94. The summed E-state index contributed by atoms with van der Waals surface area (Å²) in [6.45, 7) is 0. The summed E-state index contributed by atoms with van der Waals surface area (Å²) < 4.78 is 38.5. The molecule has 2 aromatic carbocycles. The predicted octanol–water partition coefficient (Wildman–Crippen LogP) is 4.79. The van der Waals surface area contributed by atoms with Crippen molar-refractivity contribution in [3.05, 3.63) is 64.3 Å². The highest BCUT2D eigenvalue weighted by Gasteiger charge is 2.30. The highest BCUT2D eigenvalue weighted by Crippen LogP contribution is 2.31. The van der Waals surface area contributed by atoms with E-state index in [1.165, 1.54) is 12.1 Å². The quantitative estimate of drug-likeness (QED) is 0.598. The first-order valence-electron chi connectivity index (χ1n) is 7.99. The number of ketones is 1. The number of hydrogen-bond donors (Lipinski definition) is 0. The molecule has 0 atom stereocenters. The number of anilines is 1. The van der Waals surface area contributed by atoms with E-state index in [1.54, 1.807) is 23.1 Å². The fraction of sp³-hybridized carbons (Fsp3) is 0.211. The number of carbonyl (C=O) groups is 1. The van der Waals surface area contributed by atoms with Crippen LogP contribution < -0.4 is 4.90 Å². The summed E-state index contributed by atoms with van der Waals surface area (Å²) in [5, 5.41) is 9.37. The molecule has 0 saturated carbocycles. The monoisotopic (exact) mass is 393 g/mol. The maximum atomic E-state index is 12.8. The van der Waals surface area contributed by atoms with Gasteiger partial charge in [-0.3, -0.25) is 4.79 Å². The second-order valence-corrected chi connectivity index (χ2v) is 6.63. The third kappa shape index (κ3) is 4.03. The van der Waals surface area contributed by atoms with E-state index in [-0.39, 0.29) is 17.4 Å². The first-order valence-corrected chi connectivity index (χ1v) is 8.37. The number of nitrogens with zero attached hydrogens (tertiary/aromatic N) is 3. The van der Waals surface area contributed by atoms with E-state index in [0.717, 1.165) is 17.5 Å². The number of fused-ring (bicyclic) bond motifs is 1. The average molecular weight is 394 g/mol. The van der Waals surface area contributed by atoms with Crippen molar-refractivity contribution in [3.63, 3.8) is 0 Å². The molecule has 0 saturated heterocycles. The Hall–Kier alpha value is -2.67. The van der Waals surface area contributed by atoms with Gasteiger partial charge < -0.3 is 4.90 Å². The van der Waals surface area contributed by atoms with Gasteiger partial charge >= 0.3 is 6.18 Å². The van der Waals surface area contributed by atoms with E-state index in [9.17, 15) is 18.0 Å². The van der Waals surface area contributed by atoms with Gasteiger partial charge in [0.05, 0.1) is 5.56 Å². The molecule has 1 heterocycles. The largest absolute Gasteiger partial charge is 0.416 e. The molecule has 140 valence electrons. The van der Waals surface area contributed by atoms with Crippen molar-refractivity contribution in [1.29, 1.82) is 0 Å². The van der Waals surface area contributed by atoms with Crippen molar-refractivity contribution in [2.75, 3.05) is 19.0 Å². The van der Waals surface area contributed by atoms with Gasteiger partial charge in [0, 0.05) is 36.9 Å². The minimum Gasteiger partial charge on any atom is -0.361 e. The lowest BCUT2D eigenvalue weighted by atomic mass is 9.99. The lowest BCUT2D eigenvalue weighted by Crippen LogP contribution is -2.12. The molecule has 0 aliphatic rings. The van der Waals surface area contributed by atoms with Crippen molar-refractivity contribution in [2.24, 2.45) is 0 Å². The Morgan fingerprint density at radius 2 is 1.81 bits per heavy atom. The fourth-order valence-electron chi connectivity index (χ4n) is 2.76. The molecule has 0 N–H and O–H groups in total. The van der Waals surface area contributed by atoms with Gasteiger partial charge in [0.15, 0.2) is 16.8 Å². The van der Waals surface area contributed by atoms with Gasteiger partial charge in [-0.25, -0.2) is 0 Å². The predicted molar refractivity (Wildman–Crippen MR) is 98.4 cm³/mol. The molecule has 0 radical (unpaired) electrons. The third-order valence-electron chi connectivity index (χ3n) is 4.08. The number of Topliss-reactive ketones (excluding diaryl/α,β-unsaturated/α-hetero) is 1. The fourth-order valence-corrected chi connectivity index (χ4v) is 2.95. The second kappa shape index (κ2) is 7.15. The van der Waals surface area contributed by atoms with Crippen LogP contribution in [-0.2, 0) is 12.6 Å². The highest BCUT2D eigenvalue weighted by atomic mass is 35.5. The zero-order valence-corrected chi connectivity index (χ0v) is 15.3. The summed E-state index contributed by atoms with van der Waals surface area (Å²) in [4.78, 5) is 14.4. The van der Waals surface area contributed by atoms with E-state index >= 15 is 0 Å². The van der Waals surface area contributed by atoms with Crippen molar-refractivity contribution >= 4 is 34.0 Å². The number of halogens is 4. The summed E-state index contributed by atoms with van der Waals surface area (Å²) >= 11 is 6.11. The van der Waals surface area contributed by atoms with Crippen LogP contribution in [0.4, 0.5) is 19.0 Å². The average Bonchev–Trinajstić information content (AvgIpc) is 2.61. The van der Waals surface area contributed by atoms with Gasteiger partial charge in [0.1, 0.15) is 0 Å². The van der Waals surface area contributed by atoms with E-state index in [4.69, 9.17) is 11.6 Å². The van der Waals surface area contributed by atoms with E-state index in [0.29, 0.717) is 22.3 Å². The number of aromatic nitrogens is 2. The van der Waals surface area contributed by atoms with E-state index in [2.05, 4.69) is 10.2 Å². The molecule has 3 rings (SSSR count). The van der Waals surface area contributed by atoms with E-state index in [1.807, 2.05) is 14.1 Å². The normalized spacial score (nSPS) is 11.6. The summed E-state index contributed by atoms with van der Waals surface area (Å²) in [5.41, 5.74) is -0.136. The molecule has 0 aliphatic heterocycles. The molecule has 0 spiro atoms. The standard InChI is InChI=1S/C19H15ClF3N3O/c1-26(2)18-14-7-6-12(10-15(14)17(20)24-25-18)16(27)9-11-4-3-5-13(8-11)19(21,22)23/h3-8,10H,9H2,1-2H3. The highest BCUT2D eigenvalue weighted by molar-refractivity contribution is 6.34. The Bertz CT molecular complexity index is 1020. The minimum absolute atomic E-state index is 0.147. The molecular formula is C19H15ClF3N3O. The number of carbonyl (C=O) groups excluding carboxylic acids is 1. The van der Waals surface area contributed by atoms with Crippen LogP contribution in [0.15, 0.2) is 42.5 Å². The zero-order valence-electron chi connectivity index (χ0n) is 14.5. The number of benzene rings is 2. The second-order valence-electron chi connectivity index (χ2n) is 6.27. The van der Waals surface area contributed by atoms with E-state index < -0.39 is 11.7 Å². The number of hydrogen-bond acceptors (Lipinski definition) is 4. The topological polar surface area (TPSA) is 46.1 Å². The van der Waals surface area contributed by atoms with Crippen LogP contribution >= 0.6 is 11.6 Å². The first kappa shape index (κ1) is 19.1. The molecule has 0 amide bonds. The van der Waals surface area contributed by atoms with Crippen LogP contribution in [0, 0.1) is 0 Å². The van der Waals surface area contributed by atoms with Gasteiger partial charge in [0.2, 0.25) is 0 Å². The van der Waals surface area contributed by atoms with Crippen LogP contribution in [0.2, 0.25) is 5.15 Å². The Morgan fingerprint density at radius 3 is 2.48 bits per heavy atom. The van der Waals surface area contributed by atoms with Gasteiger partial charge in [-0.1, -0.05) is 35.9 Å². The van der Waals surface area contributed by atoms with Crippen LogP contribution in [0.3, 0.4) is 0 Å². The van der Waals surface area contributed by atoms with Gasteiger partial charge in [-0.05, 0) is 23.8 Å². The van der Waals surface area contributed by atoms with Crippen LogP contribution in [0.1, 0.15) is 21.5 Å². The summed E-state index contributed by atoms with van der Waals surface area (Å²) in [6, 6.07) is 9.67. The summed E-state index contributed by atoms with van der Waals surface area (Å²) in [5.74, 6) is 0.293. The number of alkyl halides is 3. The molecule has 0 bridgehead atoms. The molecule has 1 aromatic heterocycles. The van der Waals surface area contributed by atoms with Crippen LogP contribution in [0.5, 0.6) is 0 Å². The Labute approximate surface area is 158 Å². The van der Waals surface area contributed by atoms with Crippen molar-refractivity contribution in [2.45, 2.75) is 12.6 Å². The maximum absolute atomic E-state index is 12.8. The Morgan fingerprint density at radius 1 is 1.07 bits per heavy atom. The third-order valence-corrected chi connectivity index (χ3v) is 4.36. The molecule has 27 heavy (non-hydrogen) atoms. The molecular weight excluding hydrogens is 379 g/mol. The van der Waals surface area contributed by atoms with Crippen molar-refractivity contribution in [3.8, 4) is 0 Å². The lowest BCUT2D eigenvalue weighted by Gasteiger charge is -2.14. The van der Waals surface area contributed by atoms with Gasteiger partial charge in [-0.15, -0.1) is 10.2 Å². The summed E-state index contributed by atoms with van der Waals surface area (Å²) in [6.07, 6.45) is -4.59. The van der Waals surface area contributed by atoms with Crippen LogP contribution in [0.25, 0.3) is 10.8 Å². The van der Waals surface area contributed by atoms with Gasteiger partial charge in [0.25, 0.3) is 0 Å². The first-order chi connectivity index (χ1) is 12.7. The summed E-state index contributed by atoms with van der Waals surface area (Å²) in [7, 11) is 3.62. The molecule has 8 heteroatoms. The van der Waals surface area contributed by atoms with Crippen molar-refractivity contribution in [1.82, 2.24) is 10.2 Å². The maximum Gasteiger partial charge on any atom is 0.416 e. The smallest absolute Gasteiger partial charge is 0.361 e. The molecule has 0 unspecified atom stereocenters. The lowest BCUT2D eigenvalue weighted by molar-refractivity contribution is -0.137. The Kier molecular flexibility index (Phi) is 5.06. The molecule has 0 aliphatic carbocycles. The molecule has 4 nitrogen and oxygen atoms in total. The SMILES string of the molecule is CN(C)c1nnc(Cl)c2cc(C(=O)Cc3cccc(C(F)(F)F)c3)ccc12. The number of rotatable bonds is 4. The van der Waals surface area contributed by atoms with Crippen LogP contribution in [-0.4, -0.2) is 30.1 Å². The van der Waals surface area contributed by atoms with Gasteiger partial charge in [-0.2, -0.15) is 13.2 Å². The zero-order chi connectivity index (χ0) is 19.8. The molecule has 0 fully saturated rings. The molecule has 3 aromatic rings. The minimum atomic E-state index is -4.45.